The van der Waals surface area contributed by atoms with Gasteiger partial charge in [-0.3, -0.25) is 0 Å². The monoisotopic (exact) mass is 205 g/mol. The molecule has 0 amide bonds. The Kier molecular flexibility index (Phi) is 4.50. The molecule has 0 aromatic heterocycles. The van der Waals surface area contributed by atoms with Gasteiger partial charge >= 0.3 is 0 Å². The summed E-state index contributed by atoms with van der Waals surface area (Å²) < 4.78 is 0. The molecule has 3 heteroatoms. The molecule has 1 fully saturated rings. The quantitative estimate of drug-likeness (QED) is 0.708. The Bertz CT molecular complexity index is 144. The first-order valence-corrected chi connectivity index (χ1v) is 5.61. The lowest BCUT2D eigenvalue weighted by Gasteiger charge is -2.35. The molecule has 0 radical (unpaired) electrons. The van der Waals surface area contributed by atoms with E-state index in [1.165, 1.54) is 6.42 Å². The number of likely N-dealkylation sites (tertiary alicyclic amines) is 1. The second-order valence-electron chi connectivity index (χ2n) is 4.47. The maximum Gasteiger partial charge on any atom is 0.0802 e. The number of aliphatic hydroxyl groups excluding tert-OH is 1. The summed E-state index contributed by atoms with van der Waals surface area (Å²) in [7, 11) is 0. The molecule has 1 heterocycles. The lowest BCUT2D eigenvalue weighted by atomic mass is 9.92. The molecule has 0 aliphatic carbocycles. The highest BCUT2D eigenvalue weighted by Gasteiger charge is 2.22. The summed E-state index contributed by atoms with van der Waals surface area (Å²) in [6.45, 7) is 7.50. The standard InChI is InChI=1S/C10H20ClNO/c1-8-3-9(2)6-12(5-8)7-10(13)4-11/h8-10,13H,3-7H2,1-2H3. The molecule has 3 atom stereocenters. The Morgan fingerprint density at radius 2 is 1.92 bits per heavy atom. The van der Waals surface area contributed by atoms with Crippen molar-refractivity contribution < 1.29 is 5.11 Å². The van der Waals surface area contributed by atoms with Gasteiger partial charge in [-0.25, -0.2) is 0 Å². The average molecular weight is 206 g/mol. The first-order valence-electron chi connectivity index (χ1n) is 5.08. The van der Waals surface area contributed by atoms with E-state index in [1.807, 2.05) is 0 Å². The van der Waals surface area contributed by atoms with Crippen molar-refractivity contribution in [3.8, 4) is 0 Å². The Labute approximate surface area is 85.9 Å². The van der Waals surface area contributed by atoms with Crippen molar-refractivity contribution in [2.45, 2.75) is 26.4 Å². The van der Waals surface area contributed by atoms with Crippen LogP contribution in [0.5, 0.6) is 0 Å². The van der Waals surface area contributed by atoms with Crippen LogP contribution in [0.15, 0.2) is 0 Å². The van der Waals surface area contributed by atoms with Crippen LogP contribution in [-0.4, -0.2) is 41.6 Å². The van der Waals surface area contributed by atoms with Crippen molar-refractivity contribution in [2.24, 2.45) is 11.8 Å². The van der Waals surface area contributed by atoms with Crippen LogP contribution in [0.4, 0.5) is 0 Å². The van der Waals surface area contributed by atoms with Gasteiger partial charge in [0, 0.05) is 25.5 Å². The molecule has 1 rings (SSSR count). The van der Waals surface area contributed by atoms with Gasteiger partial charge in [-0.15, -0.1) is 11.6 Å². The predicted molar refractivity (Wildman–Crippen MR) is 56.1 cm³/mol. The van der Waals surface area contributed by atoms with Gasteiger partial charge in [0.15, 0.2) is 0 Å². The number of hydrogen-bond donors (Lipinski definition) is 1. The molecular formula is C10H20ClNO. The minimum Gasteiger partial charge on any atom is -0.391 e. The van der Waals surface area contributed by atoms with Gasteiger partial charge in [-0.05, 0) is 18.3 Å². The number of hydrogen-bond acceptors (Lipinski definition) is 2. The van der Waals surface area contributed by atoms with Crippen molar-refractivity contribution in [1.82, 2.24) is 4.90 Å². The first-order chi connectivity index (χ1) is 6.11. The van der Waals surface area contributed by atoms with Crippen LogP contribution in [0.25, 0.3) is 0 Å². The lowest BCUT2D eigenvalue weighted by molar-refractivity contribution is 0.0803. The Balaban J connectivity index is 2.32. The third-order valence-corrected chi connectivity index (χ3v) is 2.95. The molecule has 13 heavy (non-hydrogen) atoms. The molecule has 2 nitrogen and oxygen atoms in total. The van der Waals surface area contributed by atoms with Crippen LogP contribution in [0.2, 0.25) is 0 Å². The lowest BCUT2D eigenvalue weighted by Crippen LogP contribution is -2.43. The molecule has 0 bridgehead atoms. The molecule has 3 unspecified atom stereocenters. The van der Waals surface area contributed by atoms with Crippen molar-refractivity contribution in [3.63, 3.8) is 0 Å². The summed E-state index contributed by atoms with van der Waals surface area (Å²) in [6, 6.07) is 0. The molecule has 78 valence electrons. The van der Waals surface area contributed by atoms with E-state index >= 15 is 0 Å². The summed E-state index contributed by atoms with van der Waals surface area (Å²) >= 11 is 5.57. The van der Waals surface area contributed by atoms with Gasteiger partial charge in [0.2, 0.25) is 0 Å². The fourth-order valence-electron chi connectivity index (χ4n) is 2.29. The zero-order chi connectivity index (χ0) is 9.84. The number of nitrogens with zero attached hydrogens (tertiary/aromatic N) is 1. The van der Waals surface area contributed by atoms with E-state index in [9.17, 15) is 5.11 Å². The number of piperidine rings is 1. The van der Waals surface area contributed by atoms with Crippen LogP contribution >= 0.6 is 11.6 Å². The van der Waals surface area contributed by atoms with E-state index in [-0.39, 0.29) is 6.10 Å². The number of halogens is 1. The molecule has 1 N–H and O–H groups in total. The van der Waals surface area contributed by atoms with Crippen LogP contribution in [-0.2, 0) is 0 Å². The summed E-state index contributed by atoms with van der Waals surface area (Å²) in [5.41, 5.74) is 0. The van der Waals surface area contributed by atoms with Gasteiger partial charge in [-0.1, -0.05) is 13.8 Å². The maximum absolute atomic E-state index is 9.41. The molecule has 0 aromatic rings. The molecule has 1 saturated heterocycles. The topological polar surface area (TPSA) is 23.5 Å². The van der Waals surface area contributed by atoms with E-state index in [0.717, 1.165) is 31.5 Å². The van der Waals surface area contributed by atoms with Gasteiger partial charge in [0.25, 0.3) is 0 Å². The second-order valence-corrected chi connectivity index (χ2v) is 4.78. The van der Waals surface area contributed by atoms with Gasteiger partial charge in [0.05, 0.1) is 6.10 Å². The third kappa shape index (κ3) is 3.84. The Morgan fingerprint density at radius 1 is 1.38 bits per heavy atom. The smallest absolute Gasteiger partial charge is 0.0802 e. The Morgan fingerprint density at radius 3 is 2.38 bits per heavy atom. The van der Waals surface area contributed by atoms with Gasteiger partial charge < -0.3 is 10.0 Å². The number of β-amino-alcohol motifs (C(OH)–C–C–N with tert-alkyl or cyclic N) is 1. The van der Waals surface area contributed by atoms with Crippen LogP contribution in [0.1, 0.15) is 20.3 Å². The number of aliphatic hydroxyl groups is 1. The molecule has 0 aromatic carbocycles. The zero-order valence-corrected chi connectivity index (χ0v) is 9.30. The third-order valence-electron chi connectivity index (χ3n) is 2.59. The molecular weight excluding hydrogens is 186 g/mol. The highest BCUT2D eigenvalue weighted by atomic mass is 35.5. The number of alkyl halides is 1. The normalized spacial score (nSPS) is 33.2. The summed E-state index contributed by atoms with van der Waals surface area (Å²) in [4.78, 5) is 2.33. The zero-order valence-electron chi connectivity index (χ0n) is 8.54. The van der Waals surface area contributed by atoms with Crippen LogP contribution < -0.4 is 0 Å². The molecule has 1 aliphatic rings. The van der Waals surface area contributed by atoms with E-state index < -0.39 is 0 Å². The van der Waals surface area contributed by atoms with E-state index in [2.05, 4.69) is 18.7 Å². The largest absolute Gasteiger partial charge is 0.391 e. The maximum atomic E-state index is 9.41. The second kappa shape index (κ2) is 5.18. The minimum atomic E-state index is -0.362. The molecule has 0 spiro atoms. The SMILES string of the molecule is CC1CC(C)CN(CC(O)CCl)C1. The first kappa shape index (κ1) is 11.3. The molecule has 1 aliphatic heterocycles. The summed E-state index contributed by atoms with van der Waals surface area (Å²) in [6.07, 6.45) is 0.951. The predicted octanol–water partition coefficient (Wildman–Crippen LogP) is 1.56. The van der Waals surface area contributed by atoms with Crippen LogP contribution in [0.3, 0.4) is 0 Å². The van der Waals surface area contributed by atoms with Crippen molar-refractivity contribution in [1.29, 1.82) is 0 Å². The van der Waals surface area contributed by atoms with Crippen LogP contribution in [0, 0.1) is 11.8 Å². The molecule has 0 saturated carbocycles. The van der Waals surface area contributed by atoms with E-state index in [4.69, 9.17) is 11.6 Å². The summed E-state index contributed by atoms with van der Waals surface area (Å²) in [5, 5.41) is 9.41. The fourth-order valence-corrected chi connectivity index (χ4v) is 2.39. The van der Waals surface area contributed by atoms with Crippen molar-refractivity contribution in [3.05, 3.63) is 0 Å². The van der Waals surface area contributed by atoms with E-state index in [0.29, 0.717) is 5.88 Å². The Hall–Kier alpha value is 0.210. The highest BCUT2D eigenvalue weighted by molar-refractivity contribution is 6.18. The number of rotatable bonds is 3. The van der Waals surface area contributed by atoms with E-state index in [1.54, 1.807) is 0 Å². The average Bonchev–Trinajstić information content (AvgIpc) is 2.02. The van der Waals surface area contributed by atoms with Gasteiger partial charge in [0.1, 0.15) is 0 Å². The fraction of sp³-hybridized carbons (Fsp3) is 1.00. The minimum absolute atomic E-state index is 0.346. The highest BCUT2D eigenvalue weighted by Crippen LogP contribution is 2.20. The van der Waals surface area contributed by atoms with Crippen molar-refractivity contribution >= 4 is 11.6 Å². The van der Waals surface area contributed by atoms with Gasteiger partial charge in [-0.2, -0.15) is 0 Å². The summed E-state index contributed by atoms with van der Waals surface area (Å²) in [5.74, 6) is 1.86. The van der Waals surface area contributed by atoms with Crippen molar-refractivity contribution in [2.75, 3.05) is 25.5 Å².